The van der Waals surface area contributed by atoms with Crippen LogP contribution in [0.1, 0.15) is 25.7 Å². The SMILES string of the molecule is O=C(ONC1CCC(COc2ccccc2)CC1)C(F)(F)F. The summed E-state index contributed by atoms with van der Waals surface area (Å²) in [6, 6.07) is 9.22. The molecule has 0 heterocycles. The molecule has 0 amide bonds. The van der Waals surface area contributed by atoms with E-state index < -0.39 is 12.1 Å². The molecule has 1 aromatic rings. The van der Waals surface area contributed by atoms with Crippen molar-refractivity contribution < 1.29 is 27.5 Å². The van der Waals surface area contributed by atoms with Crippen LogP contribution >= 0.6 is 0 Å². The van der Waals surface area contributed by atoms with Crippen LogP contribution in [0.4, 0.5) is 13.2 Å². The summed E-state index contributed by atoms with van der Waals surface area (Å²) in [4.78, 5) is 14.7. The number of ether oxygens (including phenoxy) is 1. The van der Waals surface area contributed by atoms with Crippen molar-refractivity contribution in [2.24, 2.45) is 5.92 Å². The maximum atomic E-state index is 12.0. The lowest BCUT2D eigenvalue weighted by atomic mass is 9.87. The number of carbonyl (C=O) groups is 1. The Morgan fingerprint density at radius 3 is 2.36 bits per heavy atom. The molecule has 0 aliphatic heterocycles. The van der Waals surface area contributed by atoms with Crippen molar-refractivity contribution in [1.82, 2.24) is 5.48 Å². The number of carbonyl (C=O) groups excluding carboxylic acids is 1. The fraction of sp³-hybridized carbons (Fsp3) is 0.533. The van der Waals surface area contributed by atoms with Crippen LogP contribution in [0, 0.1) is 5.92 Å². The van der Waals surface area contributed by atoms with Crippen molar-refractivity contribution in [2.45, 2.75) is 37.9 Å². The highest BCUT2D eigenvalue weighted by molar-refractivity contribution is 5.75. The Bertz CT molecular complexity index is 471. The predicted molar refractivity (Wildman–Crippen MR) is 73.0 cm³/mol. The minimum Gasteiger partial charge on any atom is -0.493 e. The van der Waals surface area contributed by atoms with Crippen molar-refractivity contribution >= 4 is 5.97 Å². The molecule has 7 heteroatoms. The van der Waals surface area contributed by atoms with Gasteiger partial charge in [0.1, 0.15) is 5.75 Å². The second-order valence-electron chi connectivity index (χ2n) is 5.35. The molecular formula is C15H18F3NO3. The number of hydrogen-bond acceptors (Lipinski definition) is 4. The van der Waals surface area contributed by atoms with E-state index >= 15 is 0 Å². The summed E-state index contributed by atoms with van der Waals surface area (Å²) in [5.41, 5.74) is 2.21. The average molecular weight is 317 g/mol. The quantitative estimate of drug-likeness (QED) is 0.847. The topological polar surface area (TPSA) is 47.6 Å². The van der Waals surface area contributed by atoms with Crippen molar-refractivity contribution in [3.63, 3.8) is 0 Å². The number of hydroxylamine groups is 1. The smallest absolute Gasteiger partial charge is 0.492 e. The van der Waals surface area contributed by atoms with Gasteiger partial charge in [0.15, 0.2) is 0 Å². The van der Waals surface area contributed by atoms with E-state index in [4.69, 9.17) is 4.74 Å². The van der Waals surface area contributed by atoms with E-state index in [2.05, 4.69) is 10.3 Å². The van der Waals surface area contributed by atoms with E-state index in [1.807, 2.05) is 30.3 Å². The van der Waals surface area contributed by atoms with Crippen LogP contribution in [-0.4, -0.2) is 24.8 Å². The lowest BCUT2D eigenvalue weighted by molar-refractivity contribution is -0.209. The lowest BCUT2D eigenvalue weighted by Crippen LogP contribution is -2.39. The largest absolute Gasteiger partial charge is 0.493 e. The number of nitrogens with one attached hydrogen (secondary N) is 1. The Morgan fingerprint density at radius 2 is 1.77 bits per heavy atom. The summed E-state index contributed by atoms with van der Waals surface area (Å²) < 4.78 is 41.7. The van der Waals surface area contributed by atoms with Crippen molar-refractivity contribution in [3.8, 4) is 5.75 Å². The van der Waals surface area contributed by atoms with E-state index in [0.717, 1.165) is 18.6 Å². The Hall–Kier alpha value is -1.76. The minimum absolute atomic E-state index is 0.237. The number of halogens is 3. The molecule has 0 unspecified atom stereocenters. The highest BCUT2D eigenvalue weighted by atomic mass is 19.4. The molecule has 1 N–H and O–H groups in total. The van der Waals surface area contributed by atoms with Gasteiger partial charge in [-0.25, -0.2) is 4.79 Å². The van der Waals surface area contributed by atoms with Crippen LogP contribution in [0.3, 0.4) is 0 Å². The molecule has 122 valence electrons. The van der Waals surface area contributed by atoms with Gasteiger partial charge in [-0.05, 0) is 43.7 Å². The number of rotatable bonds is 5. The molecule has 0 spiro atoms. The zero-order chi connectivity index (χ0) is 16.0. The highest BCUT2D eigenvalue weighted by Gasteiger charge is 2.41. The van der Waals surface area contributed by atoms with Gasteiger partial charge in [-0.15, -0.1) is 5.48 Å². The van der Waals surface area contributed by atoms with Crippen LogP contribution in [0.5, 0.6) is 5.75 Å². The second-order valence-corrected chi connectivity index (χ2v) is 5.35. The van der Waals surface area contributed by atoms with E-state index in [0.29, 0.717) is 25.4 Å². The first-order valence-electron chi connectivity index (χ1n) is 7.16. The van der Waals surface area contributed by atoms with Gasteiger partial charge in [-0.1, -0.05) is 18.2 Å². The standard InChI is InChI=1S/C15H18F3NO3/c16-15(17,18)14(20)22-19-12-8-6-11(7-9-12)10-21-13-4-2-1-3-5-13/h1-5,11-12,19H,6-10H2. The van der Waals surface area contributed by atoms with E-state index in [1.165, 1.54) is 0 Å². The highest BCUT2D eigenvalue weighted by Crippen LogP contribution is 2.25. The van der Waals surface area contributed by atoms with Gasteiger partial charge in [0.2, 0.25) is 0 Å². The summed E-state index contributed by atoms with van der Waals surface area (Å²) in [6.07, 6.45) is -2.04. The first kappa shape index (κ1) is 16.6. The van der Waals surface area contributed by atoms with Gasteiger partial charge >= 0.3 is 12.1 Å². The molecule has 1 saturated carbocycles. The molecule has 4 nitrogen and oxygen atoms in total. The Balaban J connectivity index is 1.64. The molecule has 1 fully saturated rings. The van der Waals surface area contributed by atoms with Gasteiger partial charge in [0, 0.05) is 6.04 Å². The summed E-state index contributed by atoms with van der Waals surface area (Å²) in [7, 11) is 0. The summed E-state index contributed by atoms with van der Waals surface area (Å²) in [5, 5.41) is 0. The average Bonchev–Trinajstić information content (AvgIpc) is 2.51. The summed E-state index contributed by atoms with van der Waals surface area (Å²) in [6.45, 7) is 0.582. The predicted octanol–water partition coefficient (Wildman–Crippen LogP) is 3.23. The van der Waals surface area contributed by atoms with Gasteiger partial charge in [-0.2, -0.15) is 13.2 Å². The number of alkyl halides is 3. The van der Waals surface area contributed by atoms with Crippen molar-refractivity contribution in [1.29, 1.82) is 0 Å². The first-order valence-corrected chi connectivity index (χ1v) is 7.16. The first-order chi connectivity index (χ1) is 10.4. The van der Waals surface area contributed by atoms with Crippen LogP contribution in [0.25, 0.3) is 0 Å². The fourth-order valence-electron chi connectivity index (χ4n) is 2.37. The van der Waals surface area contributed by atoms with Crippen molar-refractivity contribution in [2.75, 3.05) is 6.61 Å². The molecule has 1 aromatic carbocycles. The number of benzene rings is 1. The normalized spacial score (nSPS) is 22.1. The minimum atomic E-state index is -4.96. The van der Waals surface area contributed by atoms with Gasteiger partial charge < -0.3 is 9.57 Å². The Labute approximate surface area is 126 Å². The van der Waals surface area contributed by atoms with Crippen LogP contribution in [0.15, 0.2) is 30.3 Å². The maximum absolute atomic E-state index is 12.0. The number of hydrogen-bond donors (Lipinski definition) is 1. The molecule has 0 aromatic heterocycles. The van der Waals surface area contributed by atoms with Gasteiger partial charge in [0.05, 0.1) is 6.61 Å². The third kappa shape index (κ3) is 5.22. The van der Waals surface area contributed by atoms with Gasteiger partial charge in [-0.3, -0.25) is 0 Å². The summed E-state index contributed by atoms with van der Waals surface area (Å²) in [5.74, 6) is -1.04. The Kier molecular flexibility index (Phi) is 5.65. The fourth-order valence-corrected chi connectivity index (χ4v) is 2.37. The molecule has 0 bridgehead atoms. The lowest BCUT2D eigenvalue weighted by Gasteiger charge is -2.28. The molecule has 1 aliphatic carbocycles. The molecule has 2 rings (SSSR count). The molecule has 0 atom stereocenters. The van der Waals surface area contributed by atoms with E-state index in [9.17, 15) is 18.0 Å². The molecular weight excluding hydrogens is 299 g/mol. The molecule has 22 heavy (non-hydrogen) atoms. The molecule has 0 saturated heterocycles. The van der Waals surface area contributed by atoms with E-state index in [1.54, 1.807) is 0 Å². The van der Waals surface area contributed by atoms with E-state index in [-0.39, 0.29) is 6.04 Å². The van der Waals surface area contributed by atoms with Crippen LogP contribution in [-0.2, 0) is 9.63 Å². The summed E-state index contributed by atoms with van der Waals surface area (Å²) >= 11 is 0. The van der Waals surface area contributed by atoms with Gasteiger partial charge in [0.25, 0.3) is 0 Å². The molecule has 0 radical (unpaired) electrons. The zero-order valence-electron chi connectivity index (χ0n) is 11.9. The number of para-hydroxylation sites is 1. The maximum Gasteiger partial charge on any atom is 0.492 e. The third-order valence-corrected chi connectivity index (χ3v) is 3.63. The molecule has 1 aliphatic rings. The zero-order valence-corrected chi connectivity index (χ0v) is 11.9. The van der Waals surface area contributed by atoms with Crippen LogP contribution < -0.4 is 10.2 Å². The monoisotopic (exact) mass is 317 g/mol. The third-order valence-electron chi connectivity index (χ3n) is 3.63. The second kappa shape index (κ2) is 7.49. The van der Waals surface area contributed by atoms with Crippen molar-refractivity contribution in [3.05, 3.63) is 30.3 Å². The van der Waals surface area contributed by atoms with Crippen LogP contribution in [0.2, 0.25) is 0 Å². The Morgan fingerprint density at radius 1 is 1.14 bits per heavy atom.